The van der Waals surface area contributed by atoms with Crippen LogP contribution in [0.3, 0.4) is 0 Å². The van der Waals surface area contributed by atoms with Gasteiger partial charge >= 0.3 is 0 Å². The van der Waals surface area contributed by atoms with Crippen molar-refractivity contribution in [1.82, 2.24) is 9.97 Å². The summed E-state index contributed by atoms with van der Waals surface area (Å²) in [5.41, 5.74) is 2.56. The van der Waals surface area contributed by atoms with E-state index in [2.05, 4.69) is 20.1 Å². The molecular weight excluding hydrogens is 298 g/mol. The summed E-state index contributed by atoms with van der Waals surface area (Å²) in [5.74, 6) is 6.29. The van der Waals surface area contributed by atoms with Gasteiger partial charge in [-0.05, 0) is 12.1 Å². The van der Waals surface area contributed by atoms with Gasteiger partial charge in [0.15, 0.2) is 11.5 Å². The van der Waals surface area contributed by atoms with Crippen molar-refractivity contribution in [2.45, 2.75) is 4.90 Å². The van der Waals surface area contributed by atoms with Crippen LogP contribution in [0.2, 0.25) is 0 Å². The van der Waals surface area contributed by atoms with Gasteiger partial charge in [-0.1, -0.05) is 0 Å². The topological polar surface area (TPSA) is 128 Å². The first kappa shape index (κ1) is 13.4. The maximum atomic E-state index is 12.2. The zero-order valence-corrected chi connectivity index (χ0v) is 11.4. The number of hydrazine groups is 1. The molecule has 2 heterocycles. The van der Waals surface area contributed by atoms with Gasteiger partial charge in [0.2, 0.25) is 12.7 Å². The van der Waals surface area contributed by atoms with Gasteiger partial charge in [-0.2, -0.15) is 0 Å². The highest BCUT2D eigenvalue weighted by Gasteiger charge is 2.18. The largest absolute Gasteiger partial charge is 0.454 e. The Morgan fingerprint density at radius 2 is 1.86 bits per heavy atom. The molecule has 0 bridgehead atoms. The molecule has 1 aliphatic heterocycles. The van der Waals surface area contributed by atoms with Crippen molar-refractivity contribution in [2.75, 3.05) is 16.9 Å². The Balaban J connectivity index is 1.85. The number of rotatable bonds is 4. The molecule has 0 fully saturated rings. The summed E-state index contributed by atoms with van der Waals surface area (Å²) in [4.78, 5) is 7.42. The van der Waals surface area contributed by atoms with E-state index in [4.69, 9.17) is 15.3 Å². The van der Waals surface area contributed by atoms with Crippen LogP contribution in [0, 0.1) is 0 Å². The molecule has 1 aromatic heterocycles. The zero-order valence-electron chi connectivity index (χ0n) is 10.6. The Labute approximate surface area is 120 Å². The van der Waals surface area contributed by atoms with Crippen LogP contribution in [0.25, 0.3) is 0 Å². The third kappa shape index (κ3) is 2.66. The molecule has 0 saturated heterocycles. The van der Waals surface area contributed by atoms with Crippen molar-refractivity contribution in [1.29, 1.82) is 0 Å². The lowest BCUT2D eigenvalue weighted by Gasteiger charge is -2.08. The average Bonchev–Trinajstić information content (AvgIpc) is 2.94. The Morgan fingerprint density at radius 3 is 2.57 bits per heavy atom. The summed E-state index contributed by atoms with van der Waals surface area (Å²) in [7, 11) is -3.80. The van der Waals surface area contributed by atoms with Crippen LogP contribution in [0.5, 0.6) is 11.5 Å². The number of fused-ring (bicyclic) bond motifs is 1. The van der Waals surface area contributed by atoms with Gasteiger partial charge in [0, 0.05) is 6.07 Å². The monoisotopic (exact) mass is 309 g/mol. The first-order chi connectivity index (χ1) is 10.1. The maximum absolute atomic E-state index is 12.2. The minimum Gasteiger partial charge on any atom is -0.454 e. The van der Waals surface area contributed by atoms with Gasteiger partial charge in [-0.25, -0.2) is 24.2 Å². The number of sulfonamides is 1. The van der Waals surface area contributed by atoms with E-state index >= 15 is 0 Å². The average molecular weight is 309 g/mol. The molecule has 10 heteroatoms. The van der Waals surface area contributed by atoms with Gasteiger partial charge in [0.1, 0.15) is 4.90 Å². The minimum absolute atomic E-state index is 0.0841. The number of ether oxygens (including phenoxy) is 2. The molecule has 0 spiro atoms. The van der Waals surface area contributed by atoms with E-state index in [1.54, 1.807) is 12.1 Å². The molecule has 0 unspecified atom stereocenters. The van der Waals surface area contributed by atoms with Crippen LogP contribution in [-0.4, -0.2) is 25.2 Å². The molecule has 0 atom stereocenters. The fourth-order valence-electron chi connectivity index (χ4n) is 1.70. The predicted octanol–water partition coefficient (Wildman–Crippen LogP) is 0.292. The number of hydrogen-bond donors (Lipinski definition) is 3. The van der Waals surface area contributed by atoms with E-state index in [1.165, 1.54) is 6.07 Å². The highest BCUT2D eigenvalue weighted by atomic mass is 32.2. The lowest BCUT2D eigenvalue weighted by molar-refractivity contribution is 0.174. The summed E-state index contributed by atoms with van der Waals surface area (Å²) >= 11 is 0. The smallest absolute Gasteiger partial charge is 0.264 e. The number of nitrogens with two attached hydrogens (primary N) is 1. The van der Waals surface area contributed by atoms with Crippen LogP contribution in [0.15, 0.2) is 35.5 Å². The summed E-state index contributed by atoms with van der Waals surface area (Å²) < 4.78 is 37.1. The standard InChI is InChI=1S/C11H11N5O4S/c12-15-11-13-4-8(5-14-11)21(17,18)16-7-1-2-9-10(3-7)20-6-19-9/h1-5,16H,6,12H2,(H,13,14,15). The number of hydrogen-bond acceptors (Lipinski definition) is 8. The number of anilines is 2. The summed E-state index contributed by atoms with van der Waals surface area (Å²) in [6, 6.07) is 4.73. The van der Waals surface area contributed by atoms with E-state index in [9.17, 15) is 8.42 Å². The number of nitrogen functional groups attached to an aromatic ring is 1. The molecule has 0 saturated carbocycles. The molecule has 1 aliphatic rings. The van der Waals surface area contributed by atoms with Crippen LogP contribution in [-0.2, 0) is 10.0 Å². The highest BCUT2D eigenvalue weighted by molar-refractivity contribution is 7.92. The quantitative estimate of drug-likeness (QED) is 0.543. The van der Waals surface area contributed by atoms with E-state index in [-0.39, 0.29) is 17.6 Å². The fraction of sp³-hybridized carbons (Fsp3) is 0.0909. The molecule has 0 radical (unpaired) electrons. The van der Waals surface area contributed by atoms with E-state index < -0.39 is 10.0 Å². The molecule has 21 heavy (non-hydrogen) atoms. The number of aromatic nitrogens is 2. The molecule has 0 amide bonds. The van der Waals surface area contributed by atoms with Crippen LogP contribution in [0.4, 0.5) is 11.6 Å². The SMILES string of the molecule is NNc1ncc(S(=O)(=O)Nc2ccc3c(c2)OCO3)cn1. The van der Waals surface area contributed by atoms with Crippen molar-refractivity contribution < 1.29 is 17.9 Å². The summed E-state index contributed by atoms with van der Waals surface area (Å²) in [5, 5.41) is 0. The van der Waals surface area contributed by atoms with Crippen LogP contribution in [0.1, 0.15) is 0 Å². The van der Waals surface area contributed by atoms with Gasteiger partial charge in [0.05, 0.1) is 18.1 Å². The van der Waals surface area contributed by atoms with Gasteiger partial charge < -0.3 is 9.47 Å². The third-order valence-corrected chi connectivity index (χ3v) is 4.03. The van der Waals surface area contributed by atoms with Crippen LogP contribution < -0.4 is 25.5 Å². The first-order valence-electron chi connectivity index (χ1n) is 5.79. The molecular formula is C11H11N5O4S. The first-order valence-corrected chi connectivity index (χ1v) is 7.28. The van der Waals surface area contributed by atoms with Crippen molar-refractivity contribution >= 4 is 21.7 Å². The fourth-order valence-corrected chi connectivity index (χ4v) is 2.64. The Hall–Kier alpha value is -2.59. The lowest BCUT2D eigenvalue weighted by Crippen LogP contribution is -2.15. The van der Waals surface area contributed by atoms with E-state index in [1.807, 2.05) is 0 Å². The minimum atomic E-state index is -3.80. The van der Waals surface area contributed by atoms with Crippen molar-refractivity contribution in [2.24, 2.45) is 5.84 Å². The van der Waals surface area contributed by atoms with Crippen molar-refractivity contribution in [3.8, 4) is 11.5 Å². The van der Waals surface area contributed by atoms with Gasteiger partial charge in [0.25, 0.3) is 10.0 Å². The highest BCUT2D eigenvalue weighted by Crippen LogP contribution is 2.34. The normalized spacial score (nSPS) is 13.0. The Bertz CT molecular complexity index is 763. The van der Waals surface area contributed by atoms with Crippen molar-refractivity contribution in [3.63, 3.8) is 0 Å². The van der Waals surface area contributed by atoms with Gasteiger partial charge in [-0.3, -0.25) is 10.1 Å². The van der Waals surface area contributed by atoms with Crippen LogP contribution >= 0.6 is 0 Å². The van der Waals surface area contributed by atoms with E-state index in [0.717, 1.165) is 12.4 Å². The second-order valence-electron chi connectivity index (χ2n) is 4.06. The molecule has 1 aromatic carbocycles. The molecule has 3 rings (SSSR count). The second kappa shape index (κ2) is 5.07. The Kier molecular flexibility index (Phi) is 3.23. The second-order valence-corrected chi connectivity index (χ2v) is 5.74. The predicted molar refractivity (Wildman–Crippen MR) is 73.2 cm³/mol. The van der Waals surface area contributed by atoms with Gasteiger partial charge in [-0.15, -0.1) is 0 Å². The van der Waals surface area contributed by atoms with Crippen molar-refractivity contribution in [3.05, 3.63) is 30.6 Å². The molecule has 2 aromatic rings. The summed E-state index contributed by atoms with van der Waals surface area (Å²) in [6.45, 7) is 0.118. The Morgan fingerprint density at radius 1 is 1.14 bits per heavy atom. The van der Waals surface area contributed by atoms with E-state index in [0.29, 0.717) is 17.2 Å². The summed E-state index contributed by atoms with van der Waals surface area (Å²) in [6.07, 6.45) is 2.30. The number of nitrogens with zero attached hydrogens (tertiary/aromatic N) is 2. The lowest BCUT2D eigenvalue weighted by atomic mass is 10.3. The third-order valence-electron chi connectivity index (χ3n) is 2.69. The molecule has 4 N–H and O–H groups in total. The number of benzene rings is 1. The molecule has 110 valence electrons. The maximum Gasteiger partial charge on any atom is 0.264 e. The zero-order chi connectivity index (χ0) is 14.9. The molecule has 0 aliphatic carbocycles. The molecule has 9 nitrogen and oxygen atoms in total. The number of nitrogens with one attached hydrogen (secondary N) is 2.